The summed E-state index contributed by atoms with van der Waals surface area (Å²) in [5.41, 5.74) is 6.80. The Kier molecular flexibility index (Phi) is 3.27. The third-order valence-electron chi connectivity index (χ3n) is 3.07. The second-order valence-corrected chi connectivity index (χ2v) is 4.45. The smallest absolute Gasteiger partial charge is 0.251 e. The molecule has 1 heterocycles. The van der Waals surface area contributed by atoms with Gasteiger partial charge in [0.1, 0.15) is 5.75 Å². The summed E-state index contributed by atoms with van der Waals surface area (Å²) in [6.45, 7) is 0.201. The zero-order valence-corrected chi connectivity index (χ0v) is 11.4. The maximum atomic E-state index is 11.6. The fraction of sp³-hybridized carbons (Fsp3) is 0.133. The van der Waals surface area contributed by atoms with Crippen molar-refractivity contribution in [2.45, 2.75) is 0 Å². The largest absolute Gasteiger partial charge is 0.455 e. The van der Waals surface area contributed by atoms with Gasteiger partial charge in [0.25, 0.3) is 5.91 Å². The van der Waals surface area contributed by atoms with Crippen LogP contribution in [-0.2, 0) is 0 Å². The highest BCUT2D eigenvalue weighted by Crippen LogP contribution is 2.37. The molecular weight excluding hydrogens is 272 g/mol. The van der Waals surface area contributed by atoms with Gasteiger partial charge in [-0.15, -0.1) is 0 Å². The predicted molar refractivity (Wildman–Crippen MR) is 76.9 cm³/mol. The van der Waals surface area contributed by atoms with E-state index in [-0.39, 0.29) is 12.7 Å². The van der Waals surface area contributed by atoms with Crippen LogP contribution in [0.15, 0.2) is 36.4 Å². The Balaban J connectivity index is 1.89. The molecule has 0 fully saturated rings. The van der Waals surface area contributed by atoms with Gasteiger partial charge in [0.15, 0.2) is 17.2 Å². The quantitative estimate of drug-likeness (QED) is 0.845. The van der Waals surface area contributed by atoms with Crippen LogP contribution in [0.4, 0.5) is 5.69 Å². The van der Waals surface area contributed by atoms with Crippen LogP contribution < -0.4 is 25.3 Å². The third kappa shape index (κ3) is 2.55. The van der Waals surface area contributed by atoms with Gasteiger partial charge in [-0.1, -0.05) is 0 Å². The molecule has 3 rings (SSSR count). The van der Waals surface area contributed by atoms with Gasteiger partial charge in [-0.05, 0) is 30.3 Å². The Morgan fingerprint density at radius 2 is 2.00 bits per heavy atom. The van der Waals surface area contributed by atoms with Crippen molar-refractivity contribution in [1.29, 1.82) is 0 Å². The minimum absolute atomic E-state index is 0.201. The van der Waals surface area contributed by atoms with Gasteiger partial charge in [-0.2, -0.15) is 0 Å². The van der Waals surface area contributed by atoms with Gasteiger partial charge in [-0.3, -0.25) is 4.79 Å². The molecule has 0 spiro atoms. The SMILES string of the molecule is CNC(=O)c1ccc(N)c(Oc2ccc3c(c2)OCO3)c1. The van der Waals surface area contributed by atoms with E-state index in [0.29, 0.717) is 34.2 Å². The maximum Gasteiger partial charge on any atom is 0.251 e. The van der Waals surface area contributed by atoms with Crippen LogP contribution >= 0.6 is 0 Å². The molecule has 1 aliphatic rings. The first-order valence-corrected chi connectivity index (χ1v) is 6.36. The Hall–Kier alpha value is -2.89. The van der Waals surface area contributed by atoms with Crippen LogP contribution in [0.1, 0.15) is 10.4 Å². The number of carbonyl (C=O) groups is 1. The average molecular weight is 286 g/mol. The van der Waals surface area contributed by atoms with E-state index in [4.69, 9.17) is 19.9 Å². The zero-order valence-electron chi connectivity index (χ0n) is 11.4. The lowest BCUT2D eigenvalue weighted by Gasteiger charge is -2.10. The van der Waals surface area contributed by atoms with Gasteiger partial charge in [-0.25, -0.2) is 0 Å². The molecule has 0 saturated heterocycles. The average Bonchev–Trinajstić information content (AvgIpc) is 2.96. The number of nitrogen functional groups attached to an aromatic ring is 1. The van der Waals surface area contributed by atoms with Crippen LogP contribution in [0.25, 0.3) is 0 Å². The van der Waals surface area contributed by atoms with Crippen molar-refractivity contribution in [3.63, 3.8) is 0 Å². The van der Waals surface area contributed by atoms with Crippen molar-refractivity contribution >= 4 is 11.6 Å². The molecule has 0 atom stereocenters. The third-order valence-corrected chi connectivity index (χ3v) is 3.07. The minimum atomic E-state index is -0.203. The van der Waals surface area contributed by atoms with Crippen molar-refractivity contribution in [3.8, 4) is 23.0 Å². The molecule has 0 aliphatic carbocycles. The van der Waals surface area contributed by atoms with E-state index < -0.39 is 0 Å². The number of fused-ring (bicyclic) bond motifs is 1. The highest BCUT2D eigenvalue weighted by molar-refractivity contribution is 5.95. The normalized spacial score (nSPS) is 12.0. The molecule has 0 radical (unpaired) electrons. The van der Waals surface area contributed by atoms with E-state index in [2.05, 4.69) is 5.32 Å². The fourth-order valence-corrected chi connectivity index (χ4v) is 1.98. The first-order chi connectivity index (χ1) is 10.2. The number of nitrogens with two attached hydrogens (primary N) is 1. The van der Waals surface area contributed by atoms with E-state index in [1.807, 2.05) is 0 Å². The van der Waals surface area contributed by atoms with Crippen molar-refractivity contribution < 1.29 is 19.0 Å². The van der Waals surface area contributed by atoms with Crippen LogP contribution in [0.2, 0.25) is 0 Å². The zero-order chi connectivity index (χ0) is 14.8. The highest BCUT2D eigenvalue weighted by atomic mass is 16.7. The van der Waals surface area contributed by atoms with Gasteiger partial charge >= 0.3 is 0 Å². The number of anilines is 1. The molecule has 1 amide bonds. The second kappa shape index (κ2) is 5.24. The summed E-state index contributed by atoms with van der Waals surface area (Å²) < 4.78 is 16.3. The highest BCUT2D eigenvalue weighted by Gasteiger charge is 2.15. The number of carbonyl (C=O) groups excluding carboxylic acids is 1. The molecule has 2 aromatic rings. The first-order valence-electron chi connectivity index (χ1n) is 6.36. The molecule has 0 bridgehead atoms. The van der Waals surface area contributed by atoms with E-state index in [1.54, 1.807) is 43.4 Å². The summed E-state index contributed by atoms with van der Waals surface area (Å²) in [5.74, 6) is 2.06. The summed E-state index contributed by atoms with van der Waals surface area (Å²) in [4.78, 5) is 11.6. The van der Waals surface area contributed by atoms with E-state index in [9.17, 15) is 4.79 Å². The van der Waals surface area contributed by atoms with E-state index in [0.717, 1.165) is 0 Å². The van der Waals surface area contributed by atoms with E-state index in [1.165, 1.54) is 0 Å². The summed E-state index contributed by atoms with van der Waals surface area (Å²) >= 11 is 0. The van der Waals surface area contributed by atoms with Crippen molar-refractivity contribution in [2.24, 2.45) is 0 Å². The first kappa shape index (κ1) is 13.1. The number of amides is 1. The fourth-order valence-electron chi connectivity index (χ4n) is 1.98. The predicted octanol–water partition coefficient (Wildman–Crippen LogP) is 2.15. The molecule has 2 aromatic carbocycles. The molecule has 108 valence electrons. The minimum Gasteiger partial charge on any atom is -0.455 e. The van der Waals surface area contributed by atoms with Gasteiger partial charge in [0.2, 0.25) is 6.79 Å². The topological polar surface area (TPSA) is 82.8 Å². The monoisotopic (exact) mass is 286 g/mol. The molecule has 0 unspecified atom stereocenters. The Bertz CT molecular complexity index is 700. The Morgan fingerprint density at radius 1 is 1.19 bits per heavy atom. The molecule has 6 nitrogen and oxygen atoms in total. The van der Waals surface area contributed by atoms with Crippen molar-refractivity contribution in [1.82, 2.24) is 5.32 Å². The summed E-state index contributed by atoms with van der Waals surface area (Å²) in [5, 5.41) is 2.55. The molecule has 6 heteroatoms. The lowest BCUT2D eigenvalue weighted by Crippen LogP contribution is -2.17. The van der Waals surface area contributed by atoms with Gasteiger partial charge < -0.3 is 25.3 Å². The maximum absolute atomic E-state index is 11.6. The van der Waals surface area contributed by atoms with Crippen molar-refractivity contribution in [3.05, 3.63) is 42.0 Å². The lowest BCUT2D eigenvalue weighted by molar-refractivity contribution is 0.0963. The summed E-state index contributed by atoms with van der Waals surface area (Å²) in [6, 6.07) is 10.1. The lowest BCUT2D eigenvalue weighted by atomic mass is 10.2. The van der Waals surface area contributed by atoms with E-state index >= 15 is 0 Å². The molecule has 1 aliphatic heterocycles. The molecule has 0 saturated carbocycles. The molecular formula is C15H14N2O4. The summed E-state index contributed by atoms with van der Waals surface area (Å²) in [6.07, 6.45) is 0. The second-order valence-electron chi connectivity index (χ2n) is 4.45. The Labute approximate surface area is 121 Å². The van der Waals surface area contributed by atoms with Crippen LogP contribution in [-0.4, -0.2) is 19.7 Å². The van der Waals surface area contributed by atoms with Crippen LogP contribution in [0.5, 0.6) is 23.0 Å². The number of hydrogen-bond acceptors (Lipinski definition) is 5. The van der Waals surface area contributed by atoms with Gasteiger partial charge in [0.05, 0.1) is 5.69 Å². The number of hydrogen-bond donors (Lipinski definition) is 2. The summed E-state index contributed by atoms with van der Waals surface area (Å²) in [7, 11) is 1.57. The number of benzene rings is 2. The number of nitrogens with one attached hydrogen (secondary N) is 1. The van der Waals surface area contributed by atoms with Crippen molar-refractivity contribution in [2.75, 3.05) is 19.6 Å². The number of rotatable bonds is 3. The standard InChI is InChI=1S/C15H14N2O4/c1-17-15(18)9-2-4-11(16)13(6-9)21-10-3-5-12-14(7-10)20-8-19-12/h2-7H,8,16H2,1H3,(H,17,18). The molecule has 3 N–H and O–H groups in total. The van der Waals surface area contributed by atoms with Crippen LogP contribution in [0, 0.1) is 0 Å². The molecule has 21 heavy (non-hydrogen) atoms. The molecule has 0 aromatic heterocycles. The Morgan fingerprint density at radius 3 is 2.81 bits per heavy atom. The number of ether oxygens (including phenoxy) is 3. The van der Waals surface area contributed by atoms with Crippen LogP contribution in [0.3, 0.4) is 0 Å². The van der Waals surface area contributed by atoms with Gasteiger partial charge in [0, 0.05) is 18.7 Å².